The van der Waals surface area contributed by atoms with Gasteiger partial charge in [0, 0.05) is 71.3 Å². The van der Waals surface area contributed by atoms with Gasteiger partial charge in [-0.05, 0) is 43.4 Å². The molecule has 23 heavy (non-hydrogen) atoms. The monoisotopic (exact) mass is 316 g/mol. The predicted molar refractivity (Wildman–Crippen MR) is 99.8 cm³/mol. The fraction of sp³-hybridized carbons (Fsp3) is 0.684. The van der Waals surface area contributed by atoms with Crippen LogP contribution in [0.2, 0.25) is 0 Å². The number of benzene rings is 1. The van der Waals surface area contributed by atoms with Crippen LogP contribution in [0.15, 0.2) is 18.2 Å². The Bertz CT molecular complexity index is 500. The average Bonchev–Trinajstić information content (AvgIpc) is 2.57. The molecule has 1 N–H and O–H groups in total. The van der Waals surface area contributed by atoms with Crippen molar-refractivity contribution in [1.82, 2.24) is 10.2 Å². The van der Waals surface area contributed by atoms with E-state index >= 15 is 0 Å². The van der Waals surface area contributed by atoms with E-state index in [1.54, 1.807) is 0 Å². The smallest absolute Gasteiger partial charge is 0.0411 e. The van der Waals surface area contributed by atoms with Gasteiger partial charge in [-0.1, -0.05) is 6.07 Å². The third-order valence-corrected chi connectivity index (χ3v) is 5.38. The van der Waals surface area contributed by atoms with E-state index in [4.69, 9.17) is 0 Å². The van der Waals surface area contributed by atoms with Crippen molar-refractivity contribution in [3.63, 3.8) is 0 Å². The van der Waals surface area contributed by atoms with Crippen LogP contribution in [0.25, 0.3) is 0 Å². The van der Waals surface area contributed by atoms with Crippen molar-refractivity contribution in [2.24, 2.45) is 5.92 Å². The molecular weight excluding hydrogens is 284 g/mol. The predicted octanol–water partition coefficient (Wildman–Crippen LogP) is 2.18. The number of hydrogen-bond donors (Lipinski definition) is 1. The van der Waals surface area contributed by atoms with E-state index in [0.717, 1.165) is 19.0 Å². The van der Waals surface area contributed by atoms with E-state index in [1.165, 1.54) is 62.5 Å². The fourth-order valence-electron chi connectivity index (χ4n) is 3.91. The molecule has 0 aliphatic carbocycles. The van der Waals surface area contributed by atoms with Gasteiger partial charge in [0.05, 0.1) is 0 Å². The van der Waals surface area contributed by atoms with Crippen LogP contribution in [-0.2, 0) is 0 Å². The van der Waals surface area contributed by atoms with Gasteiger partial charge in [-0.2, -0.15) is 0 Å². The molecule has 2 aliphatic rings. The summed E-state index contributed by atoms with van der Waals surface area (Å²) >= 11 is 0. The van der Waals surface area contributed by atoms with Gasteiger partial charge in [0.2, 0.25) is 0 Å². The quantitative estimate of drug-likeness (QED) is 0.919. The molecule has 1 aromatic carbocycles. The van der Waals surface area contributed by atoms with Crippen molar-refractivity contribution < 1.29 is 0 Å². The van der Waals surface area contributed by atoms with Gasteiger partial charge in [-0.15, -0.1) is 0 Å². The third kappa shape index (κ3) is 4.18. The molecule has 3 rings (SSSR count). The lowest BCUT2D eigenvalue weighted by atomic mass is 9.95. The van der Waals surface area contributed by atoms with Crippen LogP contribution in [0.1, 0.15) is 18.4 Å². The molecule has 0 bridgehead atoms. The van der Waals surface area contributed by atoms with E-state index in [1.807, 2.05) is 0 Å². The summed E-state index contributed by atoms with van der Waals surface area (Å²) in [6.45, 7) is 10.7. The fourth-order valence-corrected chi connectivity index (χ4v) is 3.91. The maximum absolute atomic E-state index is 3.45. The number of aryl methyl sites for hydroxylation is 1. The van der Waals surface area contributed by atoms with Crippen LogP contribution in [0, 0.1) is 12.8 Å². The number of piperidine rings is 1. The van der Waals surface area contributed by atoms with Crippen molar-refractivity contribution in [2.75, 3.05) is 69.7 Å². The SMILES string of the molecule is Cc1ccc(N2CCC(CN3CCNCC3)CC2)cc1N(C)C. The van der Waals surface area contributed by atoms with Crippen LogP contribution in [0.4, 0.5) is 11.4 Å². The largest absolute Gasteiger partial charge is 0.377 e. The van der Waals surface area contributed by atoms with Gasteiger partial charge < -0.3 is 20.0 Å². The third-order valence-electron chi connectivity index (χ3n) is 5.38. The molecule has 2 saturated heterocycles. The molecule has 0 saturated carbocycles. The van der Waals surface area contributed by atoms with E-state index < -0.39 is 0 Å². The average molecular weight is 316 g/mol. The standard InChI is InChI=1S/C19H32N4/c1-16-4-5-18(14-19(16)21(2)3)23-10-6-17(7-11-23)15-22-12-8-20-9-13-22/h4-5,14,17,20H,6-13,15H2,1-3H3. The van der Waals surface area contributed by atoms with Gasteiger partial charge >= 0.3 is 0 Å². The second-order valence-corrected chi connectivity index (χ2v) is 7.35. The summed E-state index contributed by atoms with van der Waals surface area (Å²) in [5.74, 6) is 0.878. The van der Waals surface area contributed by atoms with Crippen molar-refractivity contribution in [3.8, 4) is 0 Å². The van der Waals surface area contributed by atoms with Crippen molar-refractivity contribution >= 4 is 11.4 Å². The van der Waals surface area contributed by atoms with Crippen LogP contribution in [0.3, 0.4) is 0 Å². The molecule has 4 nitrogen and oxygen atoms in total. The van der Waals surface area contributed by atoms with Crippen LogP contribution < -0.4 is 15.1 Å². The summed E-state index contributed by atoms with van der Waals surface area (Å²) in [5.41, 5.74) is 4.08. The summed E-state index contributed by atoms with van der Waals surface area (Å²) in [6, 6.07) is 6.91. The summed E-state index contributed by atoms with van der Waals surface area (Å²) in [6.07, 6.45) is 2.66. The molecule has 2 heterocycles. The summed E-state index contributed by atoms with van der Waals surface area (Å²) in [5, 5.41) is 3.45. The molecular formula is C19H32N4. The molecule has 0 amide bonds. The number of anilines is 2. The first-order valence-corrected chi connectivity index (χ1v) is 9.09. The Morgan fingerprint density at radius 3 is 2.43 bits per heavy atom. The topological polar surface area (TPSA) is 21.8 Å². The first-order valence-electron chi connectivity index (χ1n) is 9.09. The highest BCUT2D eigenvalue weighted by Crippen LogP contribution is 2.28. The highest BCUT2D eigenvalue weighted by Gasteiger charge is 2.22. The van der Waals surface area contributed by atoms with Gasteiger partial charge in [0.15, 0.2) is 0 Å². The molecule has 4 heteroatoms. The summed E-state index contributed by atoms with van der Waals surface area (Å²) < 4.78 is 0. The molecule has 2 aliphatic heterocycles. The van der Waals surface area contributed by atoms with Crippen molar-refractivity contribution in [3.05, 3.63) is 23.8 Å². The normalized spacial score (nSPS) is 20.7. The molecule has 0 spiro atoms. The van der Waals surface area contributed by atoms with Crippen molar-refractivity contribution in [2.45, 2.75) is 19.8 Å². The van der Waals surface area contributed by atoms with E-state index in [9.17, 15) is 0 Å². The van der Waals surface area contributed by atoms with Crippen LogP contribution >= 0.6 is 0 Å². The number of nitrogens with one attached hydrogen (secondary N) is 1. The second-order valence-electron chi connectivity index (χ2n) is 7.35. The zero-order chi connectivity index (χ0) is 16.2. The lowest BCUT2D eigenvalue weighted by molar-refractivity contribution is 0.190. The Labute approximate surface area is 141 Å². The van der Waals surface area contributed by atoms with Crippen LogP contribution in [0.5, 0.6) is 0 Å². The number of piperazine rings is 1. The zero-order valence-corrected chi connectivity index (χ0v) is 15.0. The van der Waals surface area contributed by atoms with E-state index in [0.29, 0.717) is 0 Å². The first-order chi connectivity index (χ1) is 11.1. The van der Waals surface area contributed by atoms with E-state index in [2.05, 4.69) is 59.2 Å². The Balaban J connectivity index is 1.55. The van der Waals surface area contributed by atoms with Gasteiger partial charge in [0.1, 0.15) is 0 Å². The molecule has 1 aromatic rings. The molecule has 0 atom stereocenters. The summed E-state index contributed by atoms with van der Waals surface area (Å²) in [7, 11) is 4.26. The molecule has 0 radical (unpaired) electrons. The molecule has 2 fully saturated rings. The maximum Gasteiger partial charge on any atom is 0.0411 e. The Morgan fingerprint density at radius 1 is 1.09 bits per heavy atom. The van der Waals surface area contributed by atoms with Gasteiger partial charge in [-0.3, -0.25) is 0 Å². The lowest BCUT2D eigenvalue weighted by Crippen LogP contribution is -2.46. The first kappa shape index (κ1) is 16.6. The molecule has 0 unspecified atom stereocenters. The minimum atomic E-state index is 0.878. The molecule has 0 aromatic heterocycles. The summed E-state index contributed by atoms with van der Waals surface area (Å²) in [4.78, 5) is 7.43. The minimum Gasteiger partial charge on any atom is -0.377 e. The highest BCUT2D eigenvalue weighted by molar-refractivity contribution is 5.63. The Morgan fingerprint density at radius 2 is 1.78 bits per heavy atom. The number of rotatable bonds is 4. The Hall–Kier alpha value is -1.26. The molecule has 128 valence electrons. The maximum atomic E-state index is 3.45. The van der Waals surface area contributed by atoms with Gasteiger partial charge in [-0.25, -0.2) is 0 Å². The lowest BCUT2D eigenvalue weighted by Gasteiger charge is -2.37. The minimum absolute atomic E-state index is 0.878. The zero-order valence-electron chi connectivity index (χ0n) is 15.0. The van der Waals surface area contributed by atoms with E-state index in [-0.39, 0.29) is 0 Å². The second kappa shape index (κ2) is 7.54. The number of nitrogens with zero attached hydrogens (tertiary/aromatic N) is 3. The highest BCUT2D eigenvalue weighted by atomic mass is 15.2. The van der Waals surface area contributed by atoms with Crippen LogP contribution in [-0.4, -0.2) is 64.8 Å². The van der Waals surface area contributed by atoms with Gasteiger partial charge in [0.25, 0.3) is 0 Å². The Kier molecular flexibility index (Phi) is 5.44. The number of hydrogen-bond acceptors (Lipinski definition) is 4. The van der Waals surface area contributed by atoms with Crippen molar-refractivity contribution in [1.29, 1.82) is 0 Å².